The molecule has 0 unspecified atom stereocenters. The van der Waals surface area contributed by atoms with E-state index in [4.69, 9.17) is 9.47 Å². The molecular formula is C25H27N3O7S2. The van der Waals surface area contributed by atoms with Crippen molar-refractivity contribution < 1.29 is 28.7 Å². The highest BCUT2D eigenvalue weighted by molar-refractivity contribution is 8.00. The Labute approximate surface area is 221 Å². The van der Waals surface area contributed by atoms with Gasteiger partial charge in [0.05, 0.1) is 42.0 Å². The number of thiazole rings is 1. The zero-order valence-corrected chi connectivity index (χ0v) is 22.4. The Bertz CT molecular complexity index is 1320. The molecule has 0 aliphatic carbocycles. The molecule has 2 fully saturated rings. The van der Waals surface area contributed by atoms with Gasteiger partial charge >= 0.3 is 10.8 Å². The topological polar surface area (TPSA) is 115 Å². The van der Waals surface area contributed by atoms with Crippen molar-refractivity contribution >= 4 is 52.5 Å². The molecule has 2 atom stereocenters. The zero-order chi connectivity index (χ0) is 26.5. The second-order valence-corrected chi connectivity index (χ2v) is 11.7. The number of fused-ring (bicyclic) bond motifs is 2. The summed E-state index contributed by atoms with van der Waals surface area (Å²) in [6.45, 7) is 7.44. The lowest BCUT2D eigenvalue weighted by Gasteiger charge is -2.36. The summed E-state index contributed by atoms with van der Waals surface area (Å²) in [6.07, 6.45) is 0. The van der Waals surface area contributed by atoms with E-state index in [1.54, 1.807) is 24.0 Å². The highest BCUT2D eigenvalue weighted by Gasteiger charge is 2.59. The van der Waals surface area contributed by atoms with E-state index in [-0.39, 0.29) is 35.7 Å². The third-order valence-electron chi connectivity index (χ3n) is 7.00. The summed E-state index contributed by atoms with van der Waals surface area (Å²) >= 11 is 2.21. The summed E-state index contributed by atoms with van der Waals surface area (Å²) in [5, 5.41) is -0.165. The summed E-state index contributed by atoms with van der Waals surface area (Å²) in [5.41, 5.74) is -0.0978. The number of nitrogens with zero attached hydrogens (tertiary/aromatic N) is 3. The molecule has 196 valence electrons. The fourth-order valence-electron chi connectivity index (χ4n) is 5.03. The van der Waals surface area contributed by atoms with Gasteiger partial charge in [-0.2, -0.15) is 0 Å². The first kappa shape index (κ1) is 25.7. The van der Waals surface area contributed by atoms with Crippen molar-refractivity contribution in [2.45, 2.75) is 43.0 Å². The van der Waals surface area contributed by atoms with Crippen molar-refractivity contribution in [3.05, 3.63) is 44.4 Å². The number of carbonyl (C=O) groups is 4. The molecule has 4 heterocycles. The predicted molar refractivity (Wildman–Crippen MR) is 137 cm³/mol. The van der Waals surface area contributed by atoms with Gasteiger partial charge in [0.15, 0.2) is 0 Å². The first-order chi connectivity index (χ1) is 17.6. The number of imide groups is 1. The maximum Gasteiger partial charge on any atom is 0.338 e. The number of ether oxygens (including phenoxy) is 2. The van der Waals surface area contributed by atoms with E-state index < -0.39 is 22.6 Å². The number of esters is 1. The van der Waals surface area contributed by atoms with Crippen LogP contribution in [0.2, 0.25) is 0 Å². The Morgan fingerprint density at radius 1 is 1.08 bits per heavy atom. The molecule has 3 amide bonds. The molecule has 5 rings (SSSR count). The van der Waals surface area contributed by atoms with E-state index in [0.717, 1.165) is 16.2 Å². The Morgan fingerprint density at radius 3 is 2.41 bits per heavy atom. The van der Waals surface area contributed by atoms with Gasteiger partial charge in [-0.05, 0) is 31.2 Å². The van der Waals surface area contributed by atoms with Gasteiger partial charge in [0.1, 0.15) is 11.8 Å². The van der Waals surface area contributed by atoms with Crippen LogP contribution in [0.3, 0.4) is 0 Å². The van der Waals surface area contributed by atoms with E-state index in [0.29, 0.717) is 47.5 Å². The van der Waals surface area contributed by atoms with Gasteiger partial charge in [-0.15, -0.1) is 0 Å². The maximum absolute atomic E-state index is 13.6. The quantitative estimate of drug-likeness (QED) is 0.413. The second-order valence-electron chi connectivity index (χ2n) is 9.60. The van der Waals surface area contributed by atoms with E-state index in [1.807, 2.05) is 13.8 Å². The van der Waals surface area contributed by atoms with Crippen molar-refractivity contribution in [1.82, 2.24) is 9.47 Å². The smallest absolute Gasteiger partial charge is 0.338 e. The summed E-state index contributed by atoms with van der Waals surface area (Å²) in [5.74, 6) is -2.06. The lowest BCUT2D eigenvalue weighted by Crippen LogP contribution is -2.44. The highest BCUT2D eigenvalue weighted by Crippen LogP contribution is 2.54. The van der Waals surface area contributed by atoms with Crippen molar-refractivity contribution in [3.63, 3.8) is 0 Å². The molecule has 2 saturated heterocycles. The van der Waals surface area contributed by atoms with Crippen LogP contribution in [0, 0.1) is 5.92 Å². The average Bonchev–Trinajstić information content (AvgIpc) is 3.33. The zero-order valence-electron chi connectivity index (χ0n) is 20.7. The van der Waals surface area contributed by atoms with Crippen LogP contribution in [0.25, 0.3) is 0 Å². The molecule has 2 aromatic rings. The van der Waals surface area contributed by atoms with Gasteiger partial charge in [0.2, 0.25) is 17.7 Å². The van der Waals surface area contributed by atoms with E-state index in [2.05, 4.69) is 0 Å². The molecule has 1 aromatic heterocycles. The molecule has 0 bridgehead atoms. The molecule has 0 radical (unpaired) electrons. The molecular weight excluding hydrogens is 518 g/mol. The SMILES string of the molecule is CCOC(=O)c1ccc(N2C(=O)[C@H]3Sc4c(sc(=O)n4CC(=O)N4CCOCC4)C(C)(C)[C@H]3C2=O)cc1. The van der Waals surface area contributed by atoms with Crippen molar-refractivity contribution in [2.75, 3.05) is 37.8 Å². The predicted octanol–water partition coefficient (Wildman–Crippen LogP) is 1.89. The Balaban J connectivity index is 1.44. The third kappa shape index (κ3) is 4.30. The minimum atomic E-state index is -0.797. The maximum atomic E-state index is 13.6. The Hall–Kier alpha value is -2.96. The van der Waals surface area contributed by atoms with Crippen molar-refractivity contribution in [1.29, 1.82) is 0 Å². The summed E-state index contributed by atoms with van der Waals surface area (Å²) in [4.78, 5) is 68.3. The van der Waals surface area contributed by atoms with Gasteiger partial charge in [-0.25, -0.2) is 9.69 Å². The van der Waals surface area contributed by atoms with E-state index in [1.165, 1.54) is 28.5 Å². The number of thioether (sulfide) groups is 1. The standard InChI is InChI=1S/C25H27N3O7S2/c1-4-35-23(32)14-5-7-15(8-6-14)28-20(30)17-18(21(28)31)36-22-19(25(17,2)3)37-24(33)27(22)13-16(29)26-9-11-34-12-10-26/h5-8,17-18H,4,9-13H2,1-3H3/t17-,18+/m1/s1. The first-order valence-corrected chi connectivity index (χ1v) is 13.8. The fraction of sp³-hybridized carbons (Fsp3) is 0.480. The number of carbonyl (C=O) groups excluding carboxylic acids is 4. The molecule has 37 heavy (non-hydrogen) atoms. The number of hydrogen-bond donors (Lipinski definition) is 0. The van der Waals surface area contributed by atoms with Crippen LogP contribution < -0.4 is 9.77 Å². The molecule has 0 saturated carbocycles. The minimum Gasteiger partial charge on any atom is -0.462 e. The van der Waals surface area contributed by atoms with Gasteiger partial charge in [0.25, 0.3) is 0 Å². The van der Waals surface area contributed by atoms with Crippen LogP contribution in [-0.4, -0.2) is 71.3 Å². The van der Waals surface area contributed by atoms with E-state index >= 15 is 0 Å². The van der Waals surface area contributed by atoms with Crippen LogP contribution in [0.15, 0.2) is 34.1 Å². The monoisotopic (exact) mass is 545 g/mol. The van der Waals surface area contributed by atoms with Crippen LogP contribution in [0.1, 0.15) is 36.0 Å². The van der Waals surface area contributed by atoms with Crippen LogP contribution in [-0.2, 0) is 35.8 Å². The molecule has 10 nitrogen and oxygen atoms in total. The second kappa shape index (κ2) is 9.73. The Morgan fingerprint density at radius 2 is 1.76 bits per heavy atom. The normalized spacial score (nSPS) is 22.6. The van der Waals surface area contributed by atoms with Gasteiger partial charge in [-0.3, -0.25) is 23.7 Å². The lowest BCUT2D eigenvalue weighted by atomic mass is 9.76. The largest absolute Gasteiger partial charge is 0.462 e. The number of anilines is 1. The number of aromatic nitrogens is 1. The molecule has 12 heteroatoms. The van der Waals surface area contributed by atoms with Crippen LogP contribution in [0.5, 0.6) is 0 Å². The number of amides is 3. The third-order valence-corrected chi connectivity index (χ3v) is 9.82. The summed E-state index contributed by atoms with van der Waals surface area (Å²) in [7, 11) is 0. The summed E-state index contributed by atoms with van der Waals surface area (Å²) < 4.78 is 11.8. The van der Waals surface area contributed by atoms with E-state index in [9.17, 15) is 24.0 Å². The minimum absolute atomic E-state index is 0.119. The Kier molecular flexibility index (Phi) is 6.75. The lowest BCUT2D eigenvalue weighted by molar-refractivity contribution is -0.136. The number of rotatable bonds is 5. The number of benzene rings is 1. The van der Waals surface area contributed by atoms with Gasteiger partial charge < -0.3 is 14.4 Å². The summed E-state index contributed by atoms with van der Waals surface area (Å²) in [6, 6.07) is 6.17. The molecule has 3 aliphatic rings. The number of morpholine rings is 1. The van der Waals surface area contributed by atoms with Crippen molar-refractivity contribution in [3.8, 4) is 0 Å². The number of hydrogen-bond acceptors (Lipinski definition) is 9. The van der Waals surface area contributed by atoms with Crippen LogP contribution >= 0.6 is 23.1 Å². The molecule has 0 N–H and O–H groups in total. The van der Waals surface area contributed by atoms with Crippen molar-refractivity contribution in [2.24, 2.45) is 5.92 Å². The molecule has 3 aliphatic heterocycles. The fourth-order valence-corrected chi connectivity index (χ4v) is 8.07. The van der Waals surface area contributed by atoms with Gasteiger partial charge in [-0.1, -0.05) is 36.9 Å². The van der Waals surface area contributed by atoms with Gasteiger partial charge in [0, 0.05) is 23.4 Å². The highest BCUT2D eigenvalue weighted by atomic mass is 32.2. The molecule has 1 aromatic carbocycles. The average molecular weight is 546 g/mol. The first-order valence-electron chi connectivity index (χ1n) is 12.1. The van der Waals surface area contributed by atoms with Crippen LogP contribution in [0.4, 0.5) is 5.69 Å². The molecule has 0 spiro atoms.